The van der Waals surface area contributed by atoms with Gasteiger partial charge in [0.05, 0.1) is 5.92 Å². The van der Waals surface area contributed by atoms with Crippen LogP contribution in [0.1, 0.15) is 41.0 Å². The highest BCUT2D eigenvalue weighted by Gasteiger charge is 2.34. The Balaban J connectivity index is 1.96. The molecule has 8 N–H and O–H groups in total. The van der Waals surface area contributed by atoms with Crippen LogP contribution >= 0.6 is 0 Å². The van der Waals surface area contributed by atoms with Crippen LogP contribution in [0.3, 0.4) is 0 Å². The van der Waals surface area contributed by atoms with Gasteiger partial charge in [-0.2, -0.15) is 0 Å². The number of hydrogen-bond donors (Lipinski definition) is 5. The van der Waals surface area contributed by atoms with Gasteiger partial charge < -0.3 is 32.7 Å². The van der Waals surface area contributed by atoms with E-state index in [1.54, 1.807) is 11.9 Å². The Hall–Kier alpha value is -4.86. The topological polar surface area (TPSA) is 169 Å². The molecule has 0 bridgehead atoms. The van der Waals surface area contributed by atoms with E-state index in [0.717, 1.165) is 22.3 Å². The number of carbonyl (C=O) groups is 3. The summed E-state index contributed by atoms with van der Waals surface area (Å²) in [4.78, 5) is 44.3. The number of urea groups is 1. The van der Waals surface area contributed by atoms with Crippen molar-refractivity contribution < 1.29 is 14.4 Å². The maximum atomic E-state index is 14.4. The summed E-state index contributed by atoms with van der Waals surface area (Å²) in [6.45, 7) is 0.817. The van der Waals surface area contributed by atoms with Gasteiger partial charge in [0.25, 0.3) is 0 Å². The number of guanidine groups is 1. The fraction of sp³-hybridized carbons (Fsp3) is 0.267. The number of rotatable bonds is 13. The zero-order chi connectivity index (χ0) is 28.9. The number of amides is 4. The minimum Gasteiger partial charge on any atom is -0.370 e. The SMILES string of the molecule is CNC(=O)NCc1ccc(CN(C(=O)C(c2ccccc2)c2ccccc2)[C@H](CCCN=C(N)N)C(N)=O)cc1. The Morgan fingerprint density at radius 3 is 1.88 bits per heavy atom. The number of nitrogens with two attached hydrogens (primary N) is 3. The summed E-state index contributed by atoms with van der Waals surface area (Å²) in [6, 6.07) is 25.3. The predicted octanol–water partition coefficient (Wildman–Crippen LogP) is 2.18. The lowest BCUT2D eigenvalue weighted by Gasteiger charge is -2.33. The Labute approximate surface area is 234 Å². The van der Waals surface area contributed by atoms with Crippen LogP contribution in [0.2, 0.25) is 0 Å². The van der Waals surface area contributed by atoms with Gasteiger partial charge in [-0.25, -0.2) is 4.79 Å². The van der Waals surface area contributed by atoms with Crippen LogP contribution in [-0.4, -0.2) is 48.3 Å². The van der Waals surface area contributed by atoms with Gasteiger partial charge in [-0.05, 0) is 35.1 Å². The summed E-state index contributed by atoms with van der Waals surface area (Å²) < 4.78 is 0. The van der Waals surface area contributed by atoms with E-state index in [1.165, 1.54) is 0 Å². The number of benzene rings is 3. The predicted molar refractivity (Wildman–Crippen MR) is 156 cm³/mol. The third-order valence-corrected chi connectivity index (χ3v) is 6.49. The maximum Gasteiger partial charge on any atom is 0.314 e. The van der Waals surface area contributed by atoms with Gasteiger partial charge in [-0.1, -0.05) is 84.9 Å². The first-order valence-electron chi connectivity index (χ1n) is 13.1. The summed E-state index contributed by atoms with van der Waals surface area (Å²) in [7, 11) is 1.55. The van der Waals surface area contributed by atoms with Gasteiger partial charge in [-0.3, -0.25) is 14.6 Å². The highest BCUT2D eigenvalue weighted by atomic mass is 16.2. The van der Waals surface area contributed by atoms with Gasteiger partial charge >= 0.3 is 6.03 Å². The monoisotopic (exact) mass is 543 g/mol. The molecule has 0 heterocycles. The van der Waals surface area contributed by atoms with Gasteiger partial charge in [0.1, 0.15) is 6.04 Å². The quantitative estimate of drug-likeness (QED) is 0.126. The Kier molecular flexibility index (Phi) is 11.1. The molecule has 3 rings (SSSR count). The average molecular weight is 544 g/mol. The van der Waals surface area contributed by atoms with E-state index in [9.17, 15) is 14.4 Å². The van der Waals surface area contributed by atoms with Crippen LogP contribution in [0.15, 0.2) is 89.9 Å². The molecule has 210 valence electrons. The van der Waals surface area contributed by atoms with Gasteiger partial charge in [-0.15, -0.1) is 0 Å². The van der Waals surface area contributed by atoms with E-state index in [2.05, 4.69) is 15.6 Å². The van der Waals surface area contributed by atoms with E-state index in [4.69, 9.17) is 17.2 Å². The lowest BCUT2D eigenvalue weighted by atomic mass is 9.89. The molecule has 3 aromatic rings. The number of nitrogens with one attached hydrogen (secondary N) is 2. The van der Waals surface area contributed by atoms with Crippen molar-refractivity contribution in [2.75, 3.05) is 13.6 Å². The first-order chi connectivity index (χ1) is 19.3. The molecule has 10 nitrogen and oxygen atoms in total. The molecule has 0 saturated carbocycles. The normalized spacial score (nSPS) is 11.3. The van der Waals surface area contributed by atoms with Crippen molar-refractivity contribution in [1.29, 1.82) is 0 Å². The molecule has 0 saturated heterocycles. The molecule has 40 heavy (non-hydrogen) atoms. The molecule has 0 aliphatic heterocycles. The molecule has 10 heteroatoms. The number of hydrogen-bond acceptors (Lipinski definition) is 4. The number of carbonyl (C=O) groups excluding carboxylic acids is 3. The molecule has 1 atom stereocenters. The van der Waals surface area contributed by atoms with Crippen LogP contribution in [-0.2, 0) is 22.7 Å². The smallest absolute Gasteiger partial charge is 0.314 e. The van der Waals surface area contributed by atoms with Crippen LogP contribution in [0, 0.1) is 0 Å². The van der Waals surface area contributed by atoms with Crippen LogP contribution in [0.4, 0.5) is 4.79 Å². The Morgan fingerprint density at radius 1 is 0.825 bits per heavy atom. The van der Waals surface area contributed by atoms with E-state index < -0.39 is 17.9 Å². The first-order valence-corrected chi connectivity index (χ1v) is 13.1. The molecule has 0 unspecified atom stereocenters. The third-order valence-electron chi connectivity index (χ3n) is 6.49. The average Bonchev–Trinajstić information content (AvgIpc) is 2.96. The fourth-order valence-electron chi connectivity index (χ4n) is 4.45. The number of aliphatic imine (C=N–C) groups is 1. The van der Waals surface area contributed by atoms with Gasteiger partial charge in [0.15, 0.2) is 5.96 Å². The van der Waals surface area contributed by atoms with Crippen molar-refractivity contribution in [1.82, 2.24) is 15.5 Å². The third kappa shape index (κ3) is 8.59. The molecule has 0 radical (unpaired) electrons. The largest absolute Gasteiger partial charge is 0.370 e. The zero-order valence-electron chi connectivity index (χ0n) is 22.6. The summed E-state index contributed by atoms with van der Waals surface area (Å²) in [5, 5.41) is 5.26. The van der Waals surface area contributed by atoms with Crippen molar-refractivity contribution in [2.45, 2.75) is 37.9 Å². The van der Waals surface area contributed by atoms with Crippen molar-refractivity contribution >= 4 is 23.8 Å². The van der Waals surface area contributed by atoms with Crippen LogP contribution < -0.4 is 27.8 Å². The summed E-state index contributed by atoms with van der Waals surface area (Å²) >= 11 is 0. The highest BCUT2D eigenvalue weighted by molar-refractivity contribution is 5.92. The lowest BCUT2D eigenvalue weighted by molar-refractivity contribution is -0.141. The molecular formula is C30H37N7O3. The van der Waals surface area contributed by atoms with Crippen molar-refractivity contribution in [2.24, 2.45) is 22.2 Å². The number of nitrogens with zero attached hydrogens (tertiary/aromatic N) is 2. The lowest BCUT2D eigenvalue weighted by Crippen LogP contribution is -2.49. The van der Waals surface area contributed by atoms with Gasteiger partial charge in [0, 0.05) is 26.7 Å². The molecule has 4 amide bonds. The van der Waals surface area contributed by atoms with Crippen LogP contribution in [0.5, 0.6) is 0 Å². The Morgan fingerprint density at radius 2 is 1.38 bits per heavy atom. The minimum atomic E-state index is -0.883. The molecule has 0 fully saturated rings. The van der Waals surface area contributed by atoms with Crippen molar-refractivity contribution in [3.8, 4) is 0 Å². The fourth-order valence-corrected chi connectivity index (χ4v) is 4.45. The highest BCUT2D eigenvalue weighted by Crippen LogP contribution is 2.29. The van der Waals surface area contributed by atoms with E-state index in [1.807, 2.05) is 84.9 Å². The summed E-state index contributed by atoms with van der Waals surface area (Å²) in [5.41, 5.74) is 20.1. The van der Waals surface area contributed by atoms with E-state index >= 15 is 0 Å². The summed E-state index contributed by atoms with van der Waals surface area (Å²) in [6.07, 6.45) is 0.753. The second-order valence-electron chi connectivity index (χ2n) is 9.34. The molecule has 3 aromatic carbocycles. The van der Waals surface area contributed by atoms with Gasteiger partial charge in [0.2, 0.25) is 11.8 Å². The molecular weight excluding hydrogens is 506 g/mol. The second kappa shape index (κ2) is 14.9. The number of primary amides is 1. The summed E-state index contributed by atoms with van der Waals surface area (Å²) in [5.74, 6) is -1.53. The minimum absolute atomic E-state index is 0.0391. The van der Waals surface area contributed by atoms with E-state index in [0.29, 0.717) is 25.9 Å². The van der Waals surface area contributed by atoms with Crippen molar-refractivity contribution in [3.05, 3.63) is 107 Å². The van der Waals surface area contributed by atoms with Crippen molar-refractivity contribution in [3.63, 3.8) is 0 Å². The standard InChI is InChI=1S/C30H37N7O3/c1-34-30(40)36-19-21-14-16-22(17-15-21)20-37(25(27(31)38)13-8-18-35-29(32)33)28(39)26(23-9-4-2-5-10-23)24-11-6-3-7-12-24/h2-7,9-12,14-17,25-26H,8,13,18-20H2,1H3,(H2,31,38)(H4,32,33,35)(H2,34,36,40)/t25-/m1/s1. The zero-order valence-corrected chi connectivity index (χ0v) is 22.6. The molecule has 0 aliphatic rings. The maximum absolute atomic E-state index is 14.4. The molecule has 0 aliphatic carbocycles. The second-order valence-corrected chi connectivity index (χ2v) is 9.34. The van der Waals surface area contributed by atoms with E-state index in [-0.39, 0.29) is 24.4 Å². The molecule has 0 aromatic heterocycles. The Bertz CT molecular complexity index is 1240. The first kappa shape index (κ1) is 29.7. The molecule has 0 spiro atoms. The van der Waals surface area contributed by atoms with Crippen LogP contribution in [0.25, 0.3) is 0 Å².